The molecule has 1 atom stereocenters. The number of aromatic nitrogens is 1. The molecule has 0 aliphatic carbocycles. The summed E-state index contributed by atoms with van der Waals surface area (Å²) in [7, 11) is 0. The Bertz CT molecular complexity index is 1110. The van der Waals surface area contributed by atoms with Gasteiger partial charge in [0, 0.05) is 17.9 Å². The number of ether oxygens (including phenoxy) is 1. The van der Waals surface area contributed by atoms with Crippen LogP contribution >= 0.6 is 0 Å². The van der Waals surface area contributed by atoms with Crippen molar-refractivity contribution < 1.29 is 14.3 Å². The van der Waals surface area contributed by atoms with E-state index in [-0.39, 0.29) is 0 Å². The molecule has 0 unspecified atom stereocenters. The molecule has 6 heteroatoms. The number of nitrogens with one attached hydrogen (secondary N) is 1. The lowest BCUT2D eigenvalue weighted by Gasteiger charge is -2.14. The second-order valence-corrected chi connectivity index (χ2v) is 7.05. The summed E-state index contributed by atoms with van der Waals surface area (Å²) in [5, 5.41) is 11.8. The fraction of sp³-hybridized carbons (Fsp3) is 0.208. The molecule has 152 valence electrons. The van der Waals surface area contributed by atoms with Gasteiger partial charge in [-0.05, 0) is 44.5 Å². The summed E-state index contributed by atoms with van der Waals surface area (Å²) in [4.78, 5) is 25.1. The van der Waals surface area contributed by atoms with E-state index in [4.69, 9.17) is 10.00 Å². The molecule has 1 heterocycles. The van der Waals surface area contributed by atoms with Gasteiger partial charge in [-0.25, -0.2) is 4.79 Å². The summed E-state index contributed by atoms with van der Waals surface area (Å²) in [5.41, 5.74) is 4.00. The Kier molecular flexibility index (Phi) is 6.33. The van der Waals surface area contributed by atoms with Gasteiger partial charge in [-0.3, -0.25) is 4.79 Å². The average molecular weight is 401 g/mol. The molecule has 6 nitrogen and oxygen atoms in total. The SMILES string of the molecule is Cc1cc(C(=O)O[C@@H](C)C(=O)Nc2ccccc2C#N)c(C)n1Cc1ccccc1. The average Bonchev–Trinajstić information content (AvgIpc) is 3.03. The molecule has 1 aromatic heterocycles. The zero-order chi connectivity index (χ0) is 21.7. The molecule has 2 aromatic carbocycles. The number of hydrogen-bond donors (Lipinski definition) is 1. The van der Waals surface area contributed by atoms with E-state index in [9.17, 15) is 9.59 Å². The van der Waals surface area contributed by atoms with Crippen LogP contribution in [0, 0.1) is 25.2 Å². The smallest absolute Gasteiger partial charge is 0.340 e. The molecule has 30 heavy (non-hydrogen) atoms. The molecule has 1 N–H and O–H groups in total. The van der Waals surface area contributed by atoms with E-state index in [1.54, 1.807) is 30.3 Å². The third-order valence-electron chi connectivity index (χ3n) is 4.94. The Labute approximate surface area is 175 Å². The molecular formula is C24H23N3O3. The predicted molar refractivity (Wildman–Crippen MR) is 114 cm³/mol. The van der Waals surface area contributed by atoms with Gasteiger partial charge >= 0.3 is 5.97 Å². The first-order chi connectivity index (χ1) is 14.4. The Morgan fingerprint density at radius 3 is 2.47 bits per heavy atom. The largest absolute Gasteiger partial charge is 0.449 e. The predicted octanol–water partition coefficient (Wildman–Crippen LogP) is 4.21. The van der Waals surface area contributed by atoms with Crippen LogP contribution in [0.3, 0.4) is 0 Å². The molecule has 0 fully saturated rings. The number of rotatable bonds is 6. The number of nitrogens with zero attached hydrogens (tertiary/aromatic N) is 2. The van der Waals surface area contributed by atoms with Crippen LogP contribution in [0.5, 0.6) is 0 Å². The molecule has 0 spiro atoms. The van der Waals surface area contributed by atoms with Gasteiger partial charge in [0.2, 0.25) is 0 Å². The van der Waals surface area contributed by atoms with E-state index >= 15 is 0 Å². The monoisotopic (exact) mass is 401 g/mol. The molecule has 3 aromatic rings. The van der Waals surface area contributed by atoms with Crippen LogP contribution in [0.15, 0.2) is 60.7 Å². The van der Waals surface area contributed by atoms with Crippen LogP contribution in [0.1, 0.15) is 39.8 Å². The van der Waals surface area contributed by atoms with Crippen molar-refractivity contribution in [2.24, 2.45) is 0 Å². The van der Waals surface area contributed by atoms with Crippen molar-refractivity contribution in [3.05, 3.63) is 88.7 Å². The van der Waals surface area contributed by atoms with E-state index in [2.05, 4.69) is 5.32 Å². The third kappa shape index (κ3) is 4.58. The summed E-state index contributed by atoms with van der Waals surface area (Å²) in [6.07, 6.45) is -1.01. The minimum atomic E-state index is -1.01. The molecule has 0 aliphatic heterocycles. The Hall–Kier alpha value is -3.85. The number of anilines is 1. The summed E-state index contributed by atoms with van der Waals surface area (Å²) in [6, 6.07) is 20.4. The third-order valence-corrected chi connectivity index (χ3v) is 4.94. The van der Waals surface area contributed by atoms with Crippen molar-refractivity contribution in [2.75, 3.05) is 5.32 Å². The van der Waals surface area contributed by atoms with Gasteiger partial charge in [-0.15, -0.1) is 0 Å². The van der Waals surface area contributed by atoms with Gasteiger partial charge in [0.25, 0.3) is 5.91 Å². The normalized spacial score (nSPS) is 11.4. The van der Waals surface area contributed by atoms with Gasteiger partial charge in [-0.1, -0.05) is 42.5 Å². The maximum Gasteiger partial charge on any atom is 0.340 e. The summed E-state index contributed by atoms with van der Waals surface area (Å²) in [6.45, 7) is 5.94. The number of esters is 1. The highest BCUT2D eigenvalue weighted by molar-refractivity contribution is 5.98. The van der Waals surface area contributed by atoms with E-state index in [0.717, 1.165) is 17.0 Å². The first-order valence-corrected chi connectivity index (χ1v) is 9.62. The van der Waals surface area contributed by atoms with Gasteiger partial charge in [-0.2, -0.15) is 5.26 Å². The first kappa shape index (κ1) is 20.9. The van der Waals surface area contributed by atoms with Gasteiger partial charge in [0.05, 0.1) is 16.8 Å². The second-order valence-electron chi connectivity index (χ2n) is 7.05. The summed E-state index contributed by atoms with van der Waals surface area (Å²) in [5.74, 6) is -1.05. The van der Waals surface area contributed by atoms with E-state index < -0.39 is 18.0 Å². The Morgan fingerprint density at radius 2 is 1.77 bits per heavy atom. The number of carbonyl (C=O) groups excluding carboxylic acids is 2. The van der Waals surface area contributed by atoms with Gasteiger partial charge in [0.1, 0.15) is 6.07 Å². The number of amides is 1. The number of nitriles is 1. The fourth-order valence-electron chi connectivity index (χ4n) is 3.22. The van der Waals surface area contributed by atoms with Crippen molar-refractivity contribution >= 4 is 17.6 Å². The van der Waals surface area contributed by atoms with Crippen LogP contribution < -0.4 is 5.32 Å². The lowest BCUT2D eigenvalue weighted by atomic mass is 10.2. The standard InChI is InChI=1S/C24H23N3O3/c1-16-13-21(17(2)27(16)15-19-9-5-4-6-10-19)24(29)30-18(3)23(28)26-22-12-8-7-11-20(22)14-25/h4-13,18H,15H2,1-3H3,(H,26,28)/t18-/m0/s1. The van der Waals surface area contributed by atoms with Crippen molar-refractivity contribution in [1.82, 2.24) is 4.57 Å². The zero-order valence-corrected chi connectivity index (χ0v) is 17.2. The highest BCUT2D eigenvalue weighted by Crippen LogP contribution is 2.19. The van der Waals surface area contributed by atoms with Crippen molar-refractivity contribution in [2.45, 2.75) is 33.4 Å². The molecular weight excluding hydrogens is 378 g/mol. The van der Waals surface area contributed by atoms with E-state index in [1.165, 1.54) is 6.92 Å². The second kappa shape index (κ2) is 9.10. The quantitative estimate of drug-likeness (QED) is 0.627. The van der Waals surface area contributed by atoms with Crippen LogP contribution in [0.25, 0.3) is 0 Å². The minimum absolute atomic E-state index is 0.342. The van der Waals surface area contributed by atoms with Crippen molar-refractivity contribution in [3.8, 4) is 6.07 Å². The Morgan fingerprint density at radius 1 is 1.10 bits per heavy atom. The highest BCUT2D eigenvalue weighted by Gasteiger charge is 2.23. The van der Waals surface area contributed by atoms with E-state index in [0.29, 0.717) is 23.4 Å². The van der Waals surface area contributed by atoms with Crippen molar-refractivity contribution in [3.63, 3.8) is 0 Å². The highest BCUT2D eigenvalue weighted by atomic mass is 16.5. The number of hydrogen-bond acceptors (Lipinski definition) is 4. The maximum absolute atomic E-state index is 12.7. The minimum Gasteiger partial charge on any atom is -0.449 e. The molecule has 0 aliphatic rings. The first-order valence-electron chi connectivity index (χ1n) is 9.62. The topological polar surface area (TPSA) is 84.1 Å². The zero-order valence-electron chi connectivity index (χ0n) is 17.2. The molecule has 1 amide bonds. The fourth-order valence-corrected chi connectivity index (χ4v) is 3.22. The van der Waals surface area contributed by atoms with Crippen molar-refractivity contribution in [1.29, 1.82) is 5.26 Å². The number of benzene rings is 2. The van der Waals surface area contributed by atoms with Crippen LogP contribution in [-0.2, 0) is 16.1 Å². The molecule has 0 saturated carbocycles. The molecule has 3 rings (SSSR count). The lowest BCUT2D eigenvalue weighted by molar-refractivity contribution is -0.123. The Balaban J connectivity index is 1.70. The van der Waals surface area contributed by atoms with Crippen LogP contribution in [-0.4, -0.2) is 22.5 Å². The maximum atomic E-state index is 12.7. The van der Waals surface area contributed by atoms with E-state index in [1.807, 2.05) is 54.8 Å². The van der Waals surface area contributed by atoms with Gasteiger partial charge < -0.3 is 14.6 Å². The molecule has 0 radical (unpaired) electrons. The lowest BCUT2D eigenvalue weighted by Crippen LogP contribution is -2.30. The van der Waals surface area contributed by atoms with Gasteiger partial charge in [0.15, 0.2) is 6.10 Å². The number of aryl methyl sites for hydroxylation is 1. The van der Waals surface area contributed by atoms with Crippen LogP contribution in [0.2, 0.25) is 0 Å². The number of para-hydroxylation sites is 1. The summed E-state index contributed by atoms with van der Waals surface area (Å²) < 4.78 is 7.44. The molecule has 0 saturated heterocycles. The number of carbonyl (C=O) groups is 2. The van der Waals surface area contributed by atoms with Crippen LogP contribution in [0.4, 0.5) is 5.69 Å². The molecule has 0 bridgehead atoms. The summed E-state index contributed by atoms with van der Waals surface area (Å²) >= 11 is 0.